The summed E-state index contributed by atoms with van der Waals surface area (Å²) in [5.41, 5.74) is -0.373. The minimum absolute atomic E-state index is 0.315. The molecule has 0 aliphatic carbocycles. The molecule has 7 heteroatoms. The molecule has 0 aliphatic heterocycles. The van der Waals surface area contributed by atoms with Gasteiger partial charge >= 0.3 is 14.2 Å². The van der Waals surface area contributed by atoms with Crippen LogP contribution in [-0.2, 0) is 19.4 Å². The van der Waals surface area contributed by atoms with Gasteiger partial charge < -0.3 is 4.74 Å². The summed E-state index contributed by atoms with van der Waals surface area (Å²) >= 11 is 1.34. The largest absolute Gasteiger partial charge is 0.695 e. The number of ether oxygens (including phenoxy) is 1. The predicted octanol–water partition coefficient (Wildman–Crippen LogP) is 3.61. The first kappa shape index (κ1) is 16.2. The van der Waals surface area contributed by atoms with E-state index in [4.69, 9.17) is 14.2 Å². The summed E-state index contributed by atoms with van der Waals surface area (Å²) in [6.45, 7) is 5.82. The molecule has 5 nitrogen and oxygen atoms in total. The Morgan fingerprint density at radius 3 is 2.53 bits per heavy atom. The van der Waals surface area contributed by atoms with E-state index < -0.39 is 13.9 Å². The summed E-state index contributed by atoms with van der Waals surface area (Å²) in [7, 11) is -2.70. The van der Waals surface area contributed by atoms with E-state index in [0.717, 1.165) is 4.88 Å². The second-order valence-corrected chi connectivity index (χ2v) is 5.52. The normalized spacial score (nSPS) is 12.3. The molecule has 1 N–H and O–H groups in total. The number of thiophene rings is 1. The summed E-state index contributed by atoms with van der Waals surface area (Å²) in [5.74, 6) is -0.389. The topological polar surface area (TPSA) is 72.8 Å². The third kappa shape index (κ3) is 3.83. The van der Waals surface area contributed by atoms with Crippen molar-refractivity contribution in [2.75, 3.05) is 6.61 Å². The second-order valence-electron chi connectivity index (χ2n) is 3.95. The lowest BCUT2D eigenvalue weighted by Crippen LogP contribution is -2.24. The average molecular weight is 305 g/mol. The number of carbonyl (C=O) groups excluding carboxylic acids is 1. The fourth-order valence-corrected chi connectivity index (χ4v) is 3.69. The number of carbonyl (C=O) groups is 1. The van der Waals surface area contributed by atoms with E-state index in [0.29, 0.717) is 25.0 Å². The molecular weight excluding hydrogens is 287 g/mol. The van der Waals surface area contributed by atoms with Gasteiger partial charge in [-0.3, -0.25) is 0 Å². The van der Waals surface area contributed by atoms with Crippen LogP contribution in [0.3, 0.4) is 0 Å². The molecule has 0 amide bonds. The lowest BCUT2D eigenvalue weighted by Gasteiger charge is -2.22. The zero-order chi connectivity index (χ0) is 14.5. The maximum absolute atomic E-state index is 11.6. The molecule has 106 valence electrons. The predicted molar refractivity (Wildman–Crippen MR) is 73.4 cm³/mol. The Morgan fingerprint density at radius 2 is 2.05 bits per heavy atom. The maximum atomic E-state index is 11.6. The molecule has 0 spiro atoms. The van der Waals surface area contributed by atoms with Crippen LogP contribution in [0.2, 0.25) is 0 Å². The van der Waals surface area contributed by atoms with Crippen molar-refractivity contribution in [3.8, 4) is 0 Å². The Kier molecular flexibility index (Phi) is 6.07. The van der Waals surface area contributed by atoms with E-state index >= 15 is 0 Å². The van der Waals surface area contributed by atoms with Crippen LogP contribution in [0.4, 0.5) is 0 Å². The summed E-state index contributed by atoms with van der Waals surface area (Å²) in [6.07, 6.45) is 1.10. The van der Waals surface area contributed by atoms with Crippen molar-refractivity contribution in [2.45, 2.75) is 39.2 Å². The Morgan fingerprint density at radius 1 is 1.42 bits per heavy atom. The molecule has 0 aromatic carbocycles. The van der Waals surface area contributed by atoms with Gasteiger partial charge in [0.05, 0.1) is 12.2 Å². The van der Waals surface area contributed by atoms with E-state index in [1.54, 1.807) is 18.4 Å². The molecule has 0 saturated heterocycles. The van der Waals surface area contributed by atoms with Crippen LogP contribution < -0.4 is 0 Å². The zero-order valence-electron chi connectivity index (χ0n) is 11.2. The molecular formula is C12H18O5PS+. The van der Waals surface area contributed by atoms with E-state index in [2.05, 4.69) is 0 Å². The first-order chi connectivity index (χ1) is 8.99. The van der Waals surface area contributed by atoms with Crippen LogP contribution in [0.5, 0.6) is 0 Å². The molecule has 1 rings (SSSR count). The van der Waals surface area contributed by atoms with Gasteiger partial charge in [0.15, 0.2) is 5.60 Å². The van der Waals surface area contributed by atoms with Crippen molar-refractivity contribution in [3.05, 3.63) is 21.9 Å². The molecule has 1 atom stereocenters. The van der Waals surface area contributed by atoms with Gasteiger partial charge in [0, 0.05) is 14.8 Å². The van der Waals surface area contributed by atoms with Crippen LogP contribution in [0, 0.1) is 0 Å². The fourth-order valence-electron chi connectivity index (χ4n) is 1.82. The molecule has 1 aromatic rings. The summed E-state index contributed by atoms with van der Waals surface area (Å²) in [6, 6.07) is 1.68. The second kappa shape index (κ2) is 7.10. The maximum Gasteiger partial charge on any atom is 0.695 e. The molecule has 19 heavy (non-hydrogen) atoms. The van der Waals surface area contributed by atoms with Gasteiger partial charge in [0.1, 0.15) is 0 Å². The van der Waals surface area contributed by atoms with Gasteiger partial charge in [-0.15, -0.1) is 20.8 Å². The Bertz CT molecular complexity index is 453. The van der Waals surface area contributed by atoms with E-state index in [9.17, 15) is 9.36 Å². The number of hydrogen-bond donors (Lipinski definition) is 1. The quantitative estimate of drug-likeness (QED) is 0.615. The molecule has 0 radical (unpaired) electrons. The van der Waals surface area contributed by atoms with Crippen molar-refractivity contribution < 1.29 is 23.5 Å². The lowest BCUT2D eigenvalue weighted by molar-refractivity contribution is 0.0523. The van der Waals surface area contributed by atoms with Crippen LogP contribution in [0.15, 0.2) is 11.4 Å². The van der Waals surface area contributed by atoms with Gasteiger partial charge in [-0.1, -0.05) is 13.8 Å². The van der Waals surface area contributed by atoms with Crippen molar-refractivity contribution >= 4 is 25.6 Å². The molecule has 1 aromatic heterocycles. The Balaban J connectivity index is 3.04. The number of hydrogen-bond acceptors (Lipinski definition) is 5. The first-order valence-corrected chi connectivity index (χ1v) is 8.11. The van der Waals surface area contributed by atoms with Crippen LogP contribution in [0.1, 0.15) is 48.8 Å². The highest BCUT2D eigenvalue weighted by Gasteiger charge is 2.40. The van der Waals surface area contributed by atoms with Gasteiger partial charge in [-0.05, 0) is 25.8 Å². The third-order valence-electron chi connectivity index (χ3n) is 2.95. The zero-order valence-corrected chi connectivity index (χ0v) is 12.9. The Hall–Kier alpha value is -0.810. The van der Waals surface area contributed by atoms with E-state index in [-0.39, 0.29) is 5.97 Å². The molecule has 0 aliphatic rings. The van der Waals surface area contributed by atoms with Crippen LogP contribution in [-0.4, -0.2) is 17.5 Å². The van der Waals surface area contributed by atoms with Gasteiger partial charge in [-0.25, -0.2) is 4.79 Å². The average Bonchev–Trinajstić information content (AvgIpc) is 2.86. The molecule has 1 unspecified atom stereocenters. The highest BCUT2D eigenvalue weighted by molar-refractivity contribution is 7.32. The van der Waals surface area contributed by atoms with Gasteiger partial charge in [0.2, 0.25) is 0 Å². The summed E-state index contributed by atoms with van der Waals surface area (Å²) in [4.78, 5) is 21.4. The van der Waals surface area contributed by atoms with Crippen molar-refractivity contribution in [1.29, 1.82) is 0 Å². The molecule has 1 heterocycles. The standard InChI is InChI=1S/C12H17O5PS/c1-4-12(5-2,17-18(14)15)10-7-9(8-19-10)11(13)16-6-3/h7-8H,4-6H2,1-3H3/p+1. The molecule has 0 saturated carbocycles. The monoisotopic (exact) mass is 305 g/mol. The van der Waals surface area contributed by atoms with Crippen molar-refractivity contribution in [1.82, 2.24) is 0 Å². The van der Waals surface area contributed by atoms with Gasteiger partial charge in [-0.2, -0.15) is 0 Å². The Labute approximate surface area is 117 Å². The minimum atomic E-state index is -2.70. The number of rotatable bonds is 7. The van der Waals surface area contributed by atoms with Crippen molar-refractivity contribution in [2.24, 2.45) is 0 Å². The highest BCUT2D eigenvalue weighted by Crippen LogP contribution is 2.42. The summed E-state index contributed by atoms with van der Waals surface area (Å²) < 4.78 is 21.1. The lowest BCUT2D eigenvalue weighted by atomic mass is 9.95. The van der Waals surface area contributed by atoms with E-state index in [1.165, 1.54) is 11.3 Å². The highest BCUT2D eigenvalue weighted by atomic mass is 32.1. The van der Waals surface area contributed by atoms with Crippen molar-refractivity contribution in [3.63, 3.8) is 0 Å². The van der Waals surface area contributed by atoms with E-state index in [1.807, 2.05) is 13.8 Å². The van der Waals surface area contributed by atoms with Crippen LogP contribution >= 0.6 is 19.6 Å². The molecule has 0 fully saturated rings. The minimum Gasteiger partial charge on any atom is -0.462 e. The SMILES string of the molecule is CCOC(=O)c1csc(C(CC)(CC)O[P+](=O)O)c1. The molecule has 0 bridgehead atoms. The summed E-state index contributed by atoms with van der Waals surface area (Å²) in [5, 5.41) is 1.68. The van der Waals surface area contributed by atoms with Crippen LogP contribution in [0.25, 0.3) is 0 Å². The first-order valence-electron chi connectivity index (χ1n) is 6.10. The smallest absolute Gasteiger partial charge is 0.462 e. The third-order valence-corrected chi connectivity index (χ3v) is 4.58. The fraction of sp³-hybridized carbons (Fsp3) is 0.583. The number of esters is 1. The van der Waals surface area contributed by atoms with Gasteiger partial charge in [0.25, 0.3) is 0 Å².